The van der Waals surface area contributed by atoms with E-state index in [0.29, 0.717) is 18.5 Å². The lowest BCUT2D eigenvalue weighted by Crippen LogP contribution is -2.45. The molecule has 4 nitrogen and oxygen atoms in total. The van der Waals surface area contributed by atoms with Gasteiger partial charge in [-0.2, -0.15) is 31.4 Å². The zero-order chi connectivity index (χ0) is 15.6. The number of carbonyl (C=O) groups excluding carboxylic acids is 1. The van der Waals surface area contributed by atoms with Crippen LogP contribution in [0, 0.1) is 5.92 Å². The molecule has 0 aromatic carbocycles. The van der Waals surface area contributed by atoms with Gasteiger partial charge in [0, 0.05) is 11.8 Å². The summed E-state index contributed by atoms with van der Waals surface area (Å²) >= 11 is 0. The Morgan fingerprint density at radius 1 is 1.30 bits per heavy atom. The summed E-state index contributed by atoms with van der Waals surface area (Å²) in [5, 5.41) is 7.34. The number of carbonyl (C=O) groups is 1. The molecule has 0 spiro atoms. The lowest BCUT2D eigenvalue weighted by Gasteiger charge is -2.21. The lowest BCUT2D eigenvalue weighted by atomic mass is 10.1. The van der Waals surface area contributed by atoms with Crippen LogP contribution < -0.4 is 5.32 Å². The maximum Gasteiger partial charge on any atom is 0.409 e. The summed E-state index contributed by atoms with van der Waals surface area (Å²) in [5.74, 6) is -6.67. The fourth-order valence-electron chi connectivity index (χ4n) is 1.50. The molecule has 0 aliphatic heterocycles. The first-order chi connectivity index (χ1) is 9.05. The van der Waals surface area contributed by atoms with Gasteiger partial charge in [0.25, 0.3) is 0 Å². The summed E-state index contributed by atoms with van der Waals surface area (Å²) in [5.41, 5.74) is 0.498. The molecule has 1 amide bonds. The summed E-state index contributed by atoms with van der Waals surface area (Å²) in [6.45, 7) is 1.82. The maximum atomic E-state index is 12.3. The number of aryl methyl sites for hydroxylation is 1. The number of hydrogen-bond donors (Lipinski definition) is 2. The Morgan fingerprint density at radius 2 is 1.85 bits per heavy atom. The fourth-order valence-corrected chi connectivity index (χ4v) is 1.50. The molecule has 10 heteroatoms. The predicted octanol–water partition coefficient (Wildman–Crippen LogP) is 3.04. The van der Waals surface area contributed by atoms with E-state index >= 15 is 0 Å². The molecule has 20 heavy (non-hydrogen) atoms. The SMILES string of the molecule is CCCc1cc(NC(=O)C(C(F)(F)F)C(F)(F)F)n[nH]1. The van der Waals surface area contributed by atoms with E-state index in [1.165, 1.54) is 11.4 Å². The lowest BCUT2D eigenvalue weighted by molar-refractivity contribution is -0.272. The van der Waals surface area contributed by atoms with Gasteiger partial charge < -0.3 is 5.32 Å². The minimum absolute atomic E-state index is 0.378. The molecular formula is C10H11F6N3O. The van der Waals surface area contributed by atoms with Gasteiger partial charge in [-0.3, -0.25) is 9.89 Å². The Bertz CT molecular complexity index is 450. The number of amides is 1. The Hall–Kier alpha value is -1.74. The van der Waals surface area contributed by atoms with Crippen LogP contribution in [0.1, 0.15) is 19.0 Å². The highest BCUT2D eigenvalue weighted by Crippen LogP contribution is 2.39. The number of aromatic nitrogens is 2. The molecule has 1 aromatic heterocycles. The first-order valence-corrected chi connectivity index (χ1v) is 5.54. The minimum atomic E-state index is -5.72. The second kappa shape index (κ2) is 5.71. The van der Waals surface area contributed by atoms with Gasteiger partial charge in [0.05, 0.1) is 0 Å². The van der Waals surface area contributed by atoms with E-state index in [1.807, 2.05) is 6.92 Å². The molecule has 1 aromatic rings. The molecule has 0 unspecified atom stereocenters. The predicted molar refractivity (Wildman–Crippen MR) is 56.8 cm³/mol. The smallest absolute Gasteiger partial charge is 0.308 e. The average molecular weight is 303 g/mol. The standard InChI is InChI=1S/C10H11F6N3O/c1-2-3-5-4-6(19-18-5)17-8(20)7(9(11,12)13)10(14,15)16/h4,7H,2-3H2,1H3,(H2,17,18,19,20). The monoisotopic (exact) mass is 303 g/mol. The van der Waals surface area contributed by atoms with Gasteiger partial charge >= 0.3 is 12.4 Å². The average Bonchev–Trinajstić information content (AvgIpc) is 2.60. The van der Waals surface area contributed by atoms with Crippen molar-refractivity contribution >= 4 is 11.7 Å². The second-order valence-electron chi connectivity index (χ2n) is 4.03. The van der Waals surface area contributed by atoms with Crippen LogP contribution >= 0.6 is 0 Å². The summed E-state index contributed by atoms with van der Waals surface area (Å²) in [7, 11) is 0. The summed E-state index contributed by atoms with van der Waals surface area (Å²) < 4.78 is 73.7. The Labute approximate surface area is 109 Å². The minimum Gasteiger partial charge on any atom is -0.308 e. The molecule has 1 heterocycles. The first kappa shape index (κ1) is 16.3. The molecule has 0 fully saturated rings. The van der Waals surface area contributed by atoms with Crippen molar-refractivity contribution in [3.8, 4) is 0 Å². The van der Waals surface area contributed by atoms with Crippen molar-refractivity contribution in [3.63, 3.8) is 0 Å². The molecule has 2 N–H and O–H groups in total. The van der Waals surface area contributed by atoms with Crippen LogP contribution in [0.25, 0.3) is 0 Å². The fraction of sp³-hybridized carbons (Fsp3) is 0.600. The third kappa shape index (κ3) is 4.14. The number of alkyl halides is 6. The van der Waals surface area contributed by atoms with Crippen molar-refractivity contribution in [2.75, 3.05) is 5.32 Å². The van der Waals surface area contributed by atoms with Crippen molar-refractivity contribution in [3.05, 3.63) is 11.8 Å². The van der Waals surface area contributed by atoms with Gasteiger partial charge in [-0.15, -0.1) is 0 Å². The molecule has 0 radical (unpaired) electrons. The number of hydrogen-bond acceptors (Lipinski definition) is 2. The number of H-pyrrole nitrogens is 1. The Kier molecular flexibility index (Phi) is 4.66. The van der Waals surface area contributed by atoms with Crippen LogP contribution in [0.15, 0.2) is 6.07 Å². The molecule has 0 atom stereocenters. The van der Waals surface area contributed by atoms with E-state index in [-0.39, 0.29) is 5.82 Å². The van der Waals surface area contributed by atoms with Crippen LogP contribution in [0.3, 0.4) is 0 Å². The van der Waals surface area contributed by atoms with Gasteiger partial charge in [0.15, 0.2) is 5.82 Å². The first-order valence-electron chi connectivity index (χ1n) is 5.54. The number of nitrogens with zero attached hydrogens (tertiary/aromatic N) is 1. The molecule has 0 aliphatic carbocycles. The van der Waals surface area contributed by atoms with Crippen molar-refractivity contribution in [2.45, 2.75) is 32.1 Å². The van der Waals surface area contributed by atoms with Crippen LogP contribution in [-0.4, -0.2) is 28.5 Å². The quantitative estimate of drug-likeness (QED) is 0.840. The van der Waals surface area contributed by atoms with E-state index in [4.69, 9.17) is 0 Å². The topological polar surface area (TPSA) is 57.8 Å². The highest BCUT2D eigenvalue weighted by Gasteiger charge is 2.61. The van der Waals surface area contributed by atoms with Crippen LogP contribution in [0.5, 0.6) is 0 Å². The number of halogens is 6. The van der Waals surface area contributed by atoms with Gasteiger partial charge in [0.1, 0.15) is 0 Å². The van der Waals surface area contributed by atoms with Crippen LogP contribution in [-0.2, 0) is 11.2 Å². The zero-order valence-electron chi connectivity index (χ0n) is 10.2. The third-order valence-corrected chi connectivity index (χ3v) is 2.32. The van der Waals surface area contributed by atoms with Crippen molar-refractivity contribution in [1.29, 1.82) is 0 Å². The van der Waals surface area contributed by atoms with Gasteiger partial charge in [0.2, 0.25) is 11.8 Å². The highest BCUT2D eigenvalue weighted by atomic mass is 19.4. The molecule has 0 saturated heterocycles. The van der Waals surface area contributed by atoms with E-state index in [2.05, 4.69) is 10.2 Å². The molecule has 1 rings (SSSR count). The van der Waals surface area contributed by atoms with Crippen molar-refractivity contribution < 1.29 is 31.1 Å². The molecule has 0 saturated carbocycles. The summed E-state index contributed by atoms with van der Waals surface area (Å²) in [4.78, 5) is 11.2. The zero-order valence-corrected chi connectivity index (χ0v) is 10.2. The second-order valence-corrected chi connectivity index (χ2v) is 4.03. The van der Waals surface area contributed by atoms with E-state index < -0.39 is 24.2 Å². The number of aromatic amines is 1. The van der Waals surface area contributed by atoms with Crippen molar-refractivity contribution in [2.24, 2.45) is 5.92 Å². The summed E-state index contributed by atoms with van der Waals surface area (Å²) in [6.07, 6.45) is -10.2. The largest absolute Gasteiger partial charge is 0.409 e. The summed E-state index contributed by atoms with van der Waals surface area (Å²) in [6, 6.07) is 1.19. The highest BCUT2D eigenvalue weighted by molar-refractivity contribution is 5.92. The third-order valence-electron chi connectivity index (χ3n) is 2.32. The van der Waals surface area contributed by atoms with E-state index in [9.17, 15) is 31.1 Å². The van der Waals surface area contributed by atoms with Gasteiger partial charge in [-0.05, 0) is 6.42 Å². The van der Waals surface area contributed by atoms with Gasteiger partial charge in [-0.25, -0.2) is 0 Å². The molecule has 0 bridgehead atoms. The molecule has 114 valence electrons. The molecular weight excluding hydrogens is 292 g/mol. The van der Waals surface area contributed by atoms with E-state index in [1.54, 1.807) is 0 Å². The normalized spacial score (nSPS) is 12.8. The number of nitrogens with one attached hydrogen (secondary N) is 2. The molecule has 0 aliphatic rings. The van der Waals surface area contributed by atoms with Crippen molar-refractivity contribution in [1.82, 2.24) is 10.2 Å². The number of anilines is 1. The van der Waals surface area contributed by atoms with E-state index in [0.717, 1.165) is 0 Å². The van der Waals surface area contributed by atoms with Gasteiger partial charge in [-0.1, -0.05) is 13.3 Å². The Balaban J connectivity index is 2.86. The van der Waals surface area contributed by atoms with Crippen LogP contribution in [0.2, 0.25) is 0 Å². The van der Waals surface area contributed by atoms with Crippen LogP contribution in [0.4, 0.5) is 32.2 Å². The number of rotatable bonds is 4. The Morgan fingerprint density at radius 3 is 2.30 bits per heavy atom. The maximum absolute atomic E-state index is 12.3.